The summed E-state index contributed by atoms with van der Waals surface area (Å²) < 4.78 is 14.7. The second-order valence-electron chi connectivity index (χ2n) is 6.24. The van der Waals surface area contributed by atoms with Crippen LogP contribution in [-0.2, 0) is 4.79 Å². The summed E-state index contributed by atoms with van der Waals surface area (Å²) in [5, 5.41) is 13.6. The molecule has 1 aromatic heterocycles. The first-order valence-electron chi connectivity index (χ1n) is 8.52. The number of hydrogen-bond donors (Lipinski definition) is 1. The molecule has 0 saturated heterocycles. The summed E-state index contributed by atoms with van der Waals surface area (Å²) in [6.07, 6.45) is 6.36. The highest BCUT2D eigenvalue weighted by atomic mass is 19.1. The van der Waals surface area contributed by atoms with E-state index in [2.05, 4.69) is 10.1 Å². The van der Waals surface area contributed by atoms with E-state index >= 15 is 0 Å². The number of rotatable bonds is 4. The molecule has 27 heavy (non-hydrogen) atoms. The monoisotopic (exact) mass is 361 g/mol. The number of hydrogen-bond acceptors (Lipinski definition) is 3. The van der Waals surface area contributed by atoms with Crippen LogP contribution in [0.1, 0.15) is 18.7 Å². The van der Waals surface area contributed by atoms with Crippen molar-refractivity contribution in [3.8, 4) is 16.8 Å². The minimum absolute atomic E-state index is 0.261. The predicted octanol–water partition coefficient (Wildman–Crippen LogP) is 4.26. The molecule has 6 heteroatoms. The fraction of sp³-hybridized carbons (Fsp3) is 0.0952. The van der Waals surface area contributed by atoms with Gasteiger partial charge in [-0.1, -0.05) is 30.3 Å². The number of carboxylic acids is 1. The van der Waals surface area contributed by atoms with Crippen molar-refractivity contribution in [1.82, 2.24) is 14.8 Å². The minimum Gasteiger partial charge on any atom is -0.478 e. The number of carbonyl (C=O) groups is 1. The molecule has 0 bridgehead atoms. The minimum atomic E-state index is -0.906. The number of aliphatic carboxylic acids is 1. The van der Waals surface area contributed by atoms with Crippen LogP contribution >= 0.6 is 0 Å². The van der Waals surface area contributed by atoms with Gasteiger partial charge in [-0.2, -0.15) is 0 Å². The highest BCUT2D eigenvalue weighted by molar-refractivity contribution is 5.91. The molecule has 0 radical (unpaired) electrons. The van der Waals surface area contributed by atoms with Crippen molar-refractivity contribution in [2.75, 3.05) is 0 Å². The smallest absolute Gasteiger partial charge is 0.331 e. The summed E-state index contributed by atoms with van der Waals surface area (Å²) in [5.74, 6) is -0.671. The fourth-order valence-corrected chi connectivity index (χ4v) is 3.00. The van der Waals surface area contributed by atoms with Crippen LogP contribution in [0.3, 0.4) is 0 Å². The standard InChI is InChI=1S/C21H16FN3O2/c22-18-8-4-14(5-9-18)15-6-10-19(11-7-15)25-13-23-20(24-25)16-2-1-3-17(12-16)21(26)27/h2,4-13H,1,3H2,(H,26,27). The van der Waals surface area contributed by atoms with Crippen LogP contribution in [-0.4, -0.2) is 25.8 Å². The van der Waals surface area contributed by atoms with Crippen molar-refractivity contribution in [3.63, 3.8) is 0 Å². The Balaban J connectivity index is 1.58. The summed E-state index contributed by atoms with van der Waals surface area (Å²) >= 11 is 0. The average Bonchev–Trinajstić information content (AvgIpc) is 3.19. The van der Waals surface area contributed by atoms with Crippen LogP contribution in [0.2, 0.25) is 0 Å². The van der Waals surface area contributed by atoms with Gasteiger partial charge in [0.25, 0.3) is 0 Å². The Morgan fingerprint density at radius 3 is 2.37 bits per heavy atom. The molecule has 134 valence electrons. The third-order valence-corrected chi connectivity index (χ3v) is 4.44. The first kappa shape index (κ1) is 16.9. The lowest BCUT2D eigenvalue weighted by Crippen LogP contribution is -2.04. The van der Waals surface area contributed by atoms with E-state index < -0.39 is 5.97 Å². The first-order chi connectivity index (χ1) is 13.1. The van der Waals surface area contributed by atoms with E-state index in [1.165, 1.54) is 12.1 Å². The fourth-order valence-electron chi connectivity index (χ4n) is 3.00. The Hall–Kier alpha value is -3.54. The molecule has 0 aliphatic heterocycles. The topological polar surface area (TPSA) is 68.0 Å². The molecule has 1 heterocycles. The van der Waals surface area contributed by atoms with Crippen molar-refractivity contribution in [3.05, 3.63) is 84.2 Å². The number of carboxylic acid groups (broad SMARTS) is 1. The predicted molar refractivity (Wildman–Crippen MR) is 99.7 cm³/mol. The number of nitrogens with zero attached hydrogens (tertiary/aromatic N) is 3. The van der Waals surface area contributed by atoms with Gasteiger partial charge in [0, 0.05) is 11.1 Å². The Labute approximate surface area is 155 Å². The summed E-state index contributed by atoms with van der Waals surface area (Å²) in [6, 6.07) is 14.0. The third-order valence-electron chi connectivity index (χ3n) is 4.44. The van der Waals surface area contributed by atoms with Crippen molar-refractivity contribution in [2.24, 2.45) is 0 Å². The quantitative estimate of drug-likeness (QED) is 0.754. The molecule has 0 atom stereocenters. The Bertz CT molecular complexity index is 1050. The molecule has 0 unspecified atom stereocenters. The number of benzene rings is 2. The van der Waals surface area contributed by atoms with Crippen LogP contribution in [0.4, 0.5) is 4.39 Å². The van der Waals surface area contributed by atoms with E-state index in [9.17, 15) is 9.18 Å². The number of aromatic nitrogens is 3. The van der Waals surface area contributed by atoms with Crippen molar-refractivity contribution in [1.29, 1.82) is 0 Å². The highest BCUT2D eigenvalue weighted by Crippen LogP contribution is 2.24. The van der Waals surface area contributed by atoms with E-state index in [1.807, 2.05) is 30.3 Å². The molecule has 2 aromatic carbocycles. The van der Waals surface area contributed by atoms with Crippen LogP contribution in [0.5, 0.6) is 0 Å². The molecule has 1 N–H and O–H groups in total. The van der Waals surface area contributed by atoms with Crippen LogP contribution < -0.4 is 0 Å². The number of halogens is 1. The zero-order chi connectivity index (χ0) is 18.8. The van der Waals surface area contributed by atoms with Gasteiger partial charge in [-0.25, -0.2) is 18.9 Å². The molecule has 0 amide bonds. The zero-order valence-electron chi connectivity index (χ0n) is 14.3. The SMILES string of the molecule is O=C(O)C1=CC(c2ncn(-c3ccc(-c4ccc(F)cc4)cc3)n2)=CCC1. The second kappa shape index (κ2) is 6.99. The van der Waals surface area contributed by atoms with Gasteiger partial charge in [-0.05, 0) is 54.3 Å². The molecule has 0 spiro atoms. The van der Waals surface area contributed by atoms with E-state index in [-0.39, 0.29) is 5.82 Å². The highest BCUT2D eigenvalue weighted by Gasteiger charge is 2.15. The lowest BCUT2D eigenvalue weighted by Gasteiger charge is -2.08. The van der Waals surface area contributed by atoms with Crippen molar-refractivity contribution < 1.29 is 14.3 Å². The van der Waals surface area contributed by atoms with Gasteiger partial charge in [0.2, 0.25) is 0 Å². The summed E-state index contributed by atoms with van der Waals surface area (Å²) in [6.45, 7) is 0. The molecule has 0 saturated carbocycles. The Morgan fingerprint density at radius 1 is 1.04 bits per heavy atom. The van der Waals surface area contributed by atoms with Gasteiger partial charge in [-0.3, -0.25) is 0 Å². The maximum absolute atomic E-state index is 13.1. The molecule has 5 nitrogen and oxygen atoms in total. The van der Waals surface area contributed by atoms with E-state index in [0.717, 1.165) is 22.4 Å². The summed E-state index contributed by atoms with van der Waals surface area (Å²) in [7, 11) is 0. The van der Waals surface area contributed by atoms with Crippen molar-refractivity contribution >= 4 is 11.5 Å². The normalized spacial score (nSPS) is 13.8. The average molecular weight is 361 g/mol. The van der Waals surface area contributed by atoms with Crippen LogP contribution in [0.15, 0.2) is 72.6 Å². The summed E-state index contributed by atoms with van der Waals surface area (Å²) in [4.78, 5) is 15.5. The Kier molecular flexibility index (Phi) is 4.38. The van der Waals surface area contributed by atoms with E-state index in [0.29, 0.717) is 24.2 Å². The van der Waals surface area contributed by atoms with Crippen LogP contribution in [0.25, 0.3) is 22.4 Å². The largest absolute Gasteiger partial charge is 0.478 e. The number of allylic oxidation sites excluding steroid dienone is 3. The summed E-state index contributed by atoms with van der Waals surface area (Å²) in [5.41, 5.74) is 3.83. The van der Waals surface area contributed by atoms with Gasteiger partial charge in [-0.15, -0.1) is 5.10 Å². The van der Waals surface area contributed by atoms with Crippen molar-refractivity contribution in [2.45, 2.75) is 12.8 Å². The van der Waals surface area contributed by atoms with E-state index in [4.69, 9.17) is 5.11 Å². The maximum atomic E-state index is 13.1. The molecule has 1 aliphatic rings. The lowest BCUT2D eigenvalue weighted by molar-refractivity contribution is -0.132. The maximum Gasteiger partial charge on any atom is 0.331 e. The third kappa shape index (κ3) is 3.55. The van der Waals surface area contributed by atoms with Gasteiger partial charge < -0.3 is 5.11 Å². The molecule has 0 fully saturated rings. The molecule has 3 aromatic rings. The van der Waals surface area contributed by atoms with Gasteiger partial charge >= 0.3 is 5.97 Å². The van der Waals surface area contributed by atoms with Gasteiger partial charge in [0.05, 0.1) is 5.69 Å². The Morgan fingerprint density at radius 2 is 1.70 bits per heavy atom. The van der Waals surface area contributed by atoms with Gasteiger partial charge in [0.1, 0.15) is 12.1 Å². The molecule has 4 rings (SSSR count). The lowest BCUT2D eigenvalue weighted by atomic mass is 9.99. The van der Waals surface area contributed by atoms with E-state index in [1.54, 1.807) is 29.2 Å². The van der Waals surface area contributed by atoms with Crippen LogP contribution in [0, 0.1) is 5.82 Å². The molecular weight excluding hydrogens is 345 g/mol. The first-order valence-corrected chi connectivity index (χ1v) is 8.52. The van der Waals surface area contributed by atoms with Gasteiger partial charge in [0.15, 0.2) is 5.82 Å². The molecule has 1 aliphatic carbocycles. The zero-order valence-corrected chi connectivity index (χ0v) is 14.3. The second-order valence-corrected chi connectivity index (χ2v) is 6.24. The molecular formula is C21H16FN3O2.